The van der Waals surface area contributed by atoms with Gasteiger partial charge in [-0.2, -0.15) is 0 Å². The molecule has 1 amide bonds. The molecule has 0 spiro atoms. The Kier molecular flexibility index (Phi) is 14.3. The SMILES string of the molecule is C=C(C)/C(C(=C)CC[C@@H](C)N(CC(C)C)C(=O)OC(C)(C)C)=C(C(C)=NC)/C(I)=C\C(C)C1CCCC(F)(F)C1. The van der Waals surface area contributed by atoms with Crippen molar-refractivity contribution in [3.63, 3.8) is 0 Å². The summed E-state index contributed by atoms with van der Waals surface area (Å²) in [5.41, 5.74) is 3.99. The van der Waals surface area contributed by atoms with Crippen molar-refractivity contribution in [2.45, 2.75) is 118 Å². The molecule has 0 aliphatic heterocycles. The summed E-state index contributed by atoms with van der Waals surface area (Å²) in [4.78, 5) is 19.3. The summed E-state index contributed by atoms with van der Waals surface area (Å²) in [6, 6.07) is -0.0487. The lowest BCUT2D eigenvalue weighted by molar-refractivity contribution is -0.0577. The van der Waals surface area contributed by atoms with Gasteiger partial charge in [0.2, 0.25) is 5.92 Å². The van der Waals surface area contributed by atoms with Crippen molar-refractivity contribution in [3.05, 3.63) is 45.1 Å². The summed E-state index contributed by atoms with van der Waals surface area (Å²) < 4.78 is 34.9. The summed E-state index contributed by atoms with van der Waals surface area (Å²) in [6.45, 7) is 27.2. The fourth-order valence-electron chi connectivity index (χ4n) is 5.20. The van der Waals surface area contributed by atoms with Gasteiger partial charge in [-0.25, -0.2) is 13.6 Å². The topological polar surface area (TPSA) is 41.9 Å². The number of carbonyl (C=O) groups excluding carboxylic acids is 1. The second-order valence-electron chi connectivity index (χ2n) is 12.9. The van der Waals surface area contributed by atoms with Gasteiger partial charge in [0, 0.05) is 47.3 Å². The molecule has 0 aromatic rings. The Labute approximate surface area is 256 Å². The smallest absolute Gasteiger partial charge is 0.410 e. The van der Waals surface area contributed by atoms with Crippen molar-refractivity contribution < 1.29 is 18.3 Å². The van der Waals surface area contributed by atoms with Crippen LogP contribution in [0.1, 0.15) is 101 Å². The average molecular weight is 675 g/mol. The lowest BCUT2D eigenvalue weighted by atomic mass is 9.78. The highest BCUT2D eigenvalue weighted by Gasteiger charge is 2.38. The molecule has 3 atom stereocenters. The van der Waals surface area contributed by atoms with Gasteiger partial charge >= 0.3 is 6.09 Å². The van der Waals surface area contributed by atoms with E-state index in [1.165, 1.54) is 0 Å². The monoisotopic (exact) mass is 674 g/mol. The van der Waals surface area contributed by atoms with Gasteiger partial charge in [0.25, 0.3) is 0 Å². The zero-order valence-corrected chi connectivity index (χ0v) is 28.8. The molecule has 0 N–H and O–H groups in total. The van der Waals surface area contributed by atoms with Gasteiger partial charge in [-0.1, -0.05) is 45.6 Å². The number of allylic oxidation sites excluding steroid dienone is 6. The zero-order valence-electron chi connectivity index (χ0n) is 26.6. The highest BCUT2D eigenvalue weighted by atomic mass is 127. The fraction of sp³-hybridized carbons (Fsp3) is 0.697. The Morgan fingerprint density at radius 1 is 1.18 bits per heavy atom. The molecule has 1 rings (SSSR count). The van der Waals surface area contributed by atoms with E-state index in [0.29, 0.717) is 31.7 Å². The minimum atomic E-state index is -2.58. The van der Waals surface area contributed by atoms with Crippen LogP contribution in [0.2, 0.25) is 0 Å². The molecule has 228 valence electrons. The Morgan fingerprint density at radius 3 is 2.25 bits per heavy atom. The molecule has 1 fully saturated rings. The van der Waals surface area contributed by atoms with E-state index in [-0.39, 0.29) is 36.8 Å². The molecule has 2 unspecified atom stereocenters. The third-order valence-corrected chi connectivity index (χ3v) is 8.28. The lowest BCUT2D eigenvalue weighted by Gasteiger charge is -2.33. The predicted octanol–water partition coefficient (Wildman–Crippen LogP) is 10.3. The molecule has 1 saturated carbocycles. The van der Waals surface area contributed by atoms with Crippen LogP contribution in [0.15, 0.2) is 50.1 Å². The first kappa shape index (κ1) is 36.5. The van der Waals surface area contributed by atoms with E-state index in [1.807, 2.05) is 46.4 Å². The number of rotatable bonds is 12. The molecule has 0 bridgehead atoms. The second kappa shape index (κ2) is 15.6. The van der Waals surface area contributed by atoms with Crippen LogP contribution in [0.5, 0.6) is 0 Å². The van der Waals surface area contributed by atoms with E-state index in [0.717, 1.165) is 38.0 Å². The number of amides is 1. The van der Waals surface area contributed by atoms with Crippen LogP contribution in [0, 0.1) is 17.8 Å². The summed E-state index contributed by atoms with van der Waals surface area (Å²) in [7, 11) is 1.76. The van der Waals surface area contributed by atoms with E-state index >= 15 is 0 Å². The van der Waals surface area contributed by atoms with Crippen molar-refractivity contribution in [1.29, 1.82) is 0 Å². The molecule has 0 radical (unpaired) electrons. The predicted molar refractivity (Wildman–Crippen MR) is 175 cm³/mol. The number of ether oxygens (including phenoxy) is 1. The maximum atomic E-state index is 14.1. The molecule has 1 aliphatic carbocycles. The number of hydrogen-bond donors (Lipinski definition) is 0. The molecule has 0 heterocycles. The van der Waals surface area contributed by atoms with Crippen molar-refractivity contribution in [2.75, 3.05) is 13.6 Å². The van der Waals surface area contributed by atoms with Crippen LogP contribution in [-0.4, -0.2) is 47.9 Å². The van der Waals surface area contributed by atoms with Crippen LogP contribution in [0.25, 0.3) is 0 Å². The highest BCUT2D eigenvalue weighted by molar-refractivity contribution is 14.1. The van der Waals surface area contributed by atoms with Gasteiger partial charge in [0.1, 0.15) is 5.60 Å². The number of carbonyl (C=O) groups is 1. The standard InChI is InChI=1S/C33H53F2IN2O2/c1-21(2)20-38(31(39)40-32(9,10)11)25(7)16-15-23(5)29(22(3)4)30(26(8)37-12)28(36)18-24(6)27-14-13-17-33(34,35)19-27/h18,21,24-25,27H,3,5,13-17,19-20H2,1-2,4,6-12H3/b28-18+,30-29-,37-26?/t24?,25-,27?/m1/s1. The fourth-order valence-corrected chi connectivity index (χ4v) is 6.43. The van der Waals surface area contributed by atoms with Gasteiger partial charge in [-0.15, -0.1) is 0 Å². The molecule has 0 saturated heterocycles. The van der Waals surface area contributed by atoms with E-state index in [1.54, 1.807) is 7.05 Å². The first-order chi connectivity index (χ1) is 18.3. The molecule has 4 nitrogen and oxygen atoms in total. The van der Waals surface area contributed by atoms with E-state index in [9.17, 15) is 13.6 Å². The number of hydrogen-bond acceptors (Lipinski definition) is 3. The van der Waals surface area contributed by atoms with Crippen LogP contribution < -0.4 is 0 Å². The number of aliphatic imine (C=N–C) groups is 1. The van der Waals surface area contributed by atoms with Crippen molar-refractivity contribution in [1.82, 2.24) is 4.90 Å². The van der Waals surface area contributed by atoms with Crippen molar-refractivity contribution in [3.8, 4) is 0 Å². The minimum Gasteiger partial charge on any atom is -0.444 e. The summed E-state index contributed by atoms with van der Waals surface area (Å²) >= 11 is 2.31. The normalized spacial score (nSPS) is 20.5. The van der Waals surface area contributed by atoms with E-state index < -0.39 is 11.5 Å². The molecule has 1 aliphatic rings. The van der Waals surface area contributed by atoms with Crippen molar-refractivity contribution >= 4 is 34.4 Å². The molecule has 0 aromatic carbocycles. The van der Waals surface area contributed by atoms with Gasteiger partial charge in [0.15, 0.2) is 0 Å². The molecule has 7 heteroatoms. The van der Waals surface area contributed by atoms with Gasteiger partial charge in [-0.05, 0) is 119 Å². The zero-order chi connectivity index (χ0) is 31.0. The molecular weight excluding hydrogens is 621 g/mol. The number of alkyl halides is 2. The molecule has 0 aromatic heterocycles. The second-order valence-corrected chi connectivity index (χ2v) is 14.1. The van der Waals surface area contributed by atoms with Crippen LogP contribution >= 0.6 is 22.6 Å². The van der Waals surface area contributed by atoms with Gasteiger partial charge < -0.3 is 9.64 Å². The van der Waals surface area contributed by atoms with E-state index in [4.69, 9.17) is 4.74 Å². The van der Waals surface area contributed by atoms with Crippen LogP contribution in [-0.2, 0) is 4.74 Å². The first-order valence-electron chi connectivity index (χ1n) is 14.6. The number of nitrogens with zero attached hydrogens (tertiary/aromatic N) is 2. The third kappa shape index (κ3) is 11.8. The Bertz CT molecular complexity index is 1000. The maximum absolute atomic E-state index is 14.1. The molecular formula is C33H53F2IN2O2. The quantitative estimate of drug-likeness (QED) is 0.117. The first-order valence-corrected chi connectivity index (χ1v) is 15.6. The van der Waals surface area contributed by atoms with E-state index in [2.05, 4.69) is 67.6 Å². The van der Waals surface area contributed by atoms with Crippen LogP contribution in [0.3, 0.4) is 0 Å². The average Bonchev–Trinajstić information content (AvgIpc) is 2.81. The maximum Gasteiger partial charge on any atom is 0.410 e. The lowest BCUT2D eigenvalue weighted by Crippen LogP contribution is -2.44. The number of halogens is 3. The largest absolute Gasteiger partial charge is 0.444 e. The van der Waals surface area contributed by atoms with Crippen molar-refractivity contribution in [2.24, 2.45) is 22.7 Å². The Balaban J connectivity index is 3.30. The Hall–Kier alpha value is -1.51. The highest BCUT2D eigenvalue weighted by Crippen LogP contribution is 2.42. The van der Waals surface area contributed by atoms with Gasteiger partial charge in [-0.3, -0.25) is 4.99 Å². The Morgan fingerprint density at radius 2 is 1.77 bits per heavy atom. The summed E-state index contributed by atoms with van der Waals surface area (Å²) in [5, 5.41) is 0. The summed E-state index contributed by atoms with van der Waals surface area (Å²) in [6.07, 6.45) is 4.50. The third-order valence-electron chi connectivity index (χ3n) is 7.38. The minimum absolute atomic E-state index is 0.00957. The van der Waals surface area contributed by atoms with Gasteiger partial charge in [0.05, 0.1) is 0 Å². The van der Waals surface area contributed by atoms with Crippen LogP contribution in [0.4, 0.5) is 13.6 Å². The molecule has 40 heavy (non-hydrogen) atoms. The summed E-state index contributed by atoms with van der Waals surface area (Å²) in [5.74, 6) is -2.31.